The minimum Gasteiger partial charge on any atom is -0.345 e. The molecule has 6 nitrogen and oxygen atoms in total. The van der Waals surface area contributed by atoms with Crippen LogP contribution in [-0.4, -0.2) is 25.7 Å². The van der Waals surface area contributed by atoms with Crippen molar-refractivity contribution >= 4 is 17.7 Å². The Kier molecular flexibility index (Phi) is 5.39. The van der Waals surface area contributed by atoms with Crippen LogP contribution in [0, 0.1) is 5.82 Å². The molecule has 25 heavy (non-hydrogen) atoms. The van der Waals surface area contributed by atoms with Crippen molar-refractivity contribution in [2.75, 3.05) is 0 Å². The molecule has 0 fully saturated rings. The van der Waals surface area contributed by atoms with Crippen LogP contribution in [0.4, 0.5) is 4.39 Å². The van der Waals surface area contributed by atoms with E-state index in [0.717, 1.165) is 10.9 Å². The maximum Gasteiger partial charge on any atom is 0.251 e. The number of nitrogens with one attached hydrogen (secondary N) is 1. The monoisotopic (exact) mass is 357 g/mol. The van der Waals surface area contributed by atoms with Crippen molar-refractivity contribution in [1.82, 2.24) is 25.1 Å². The molecule has 0 aliphatic rings. The number of thioether (sulfide) groups is 1. The molecular weight excluding hydrogens is 341 g/mol. The van der Waals surface area contributed by atoms with Crippen LogP contribution in [0.3, 0.4) is 0 Å². The summed E-state index contributed by atoms with van der Waals surface area (Å²) < 4.78 is 14.7. The fraction of sp³-hybridized carbons (Fsp3) is 0.176. The van der Waals surface area contributed by atoms with Crippen LogP contribution in [0.15, 0.2) is 53.8 Å². The molecule has 0 saturated heterocycles. The van der Waals surface area contributed by atoms with E-state index in [4.69, 9.17) is 0 Å². The number of benzene rings is 1. The molecule has 1 amide bonds. The highest BCUT2D eigenvalue weighted by molar-refractivity contribution is 7.98. The lowest BCUT2D eigenvalue weighted by Gasteiger charge is -2.06. The second kappa shape index (κ2) is 7.89. The fourth-order valence-corrected chi connectivity index (χ4v) is 2.95. The third-order valence-electron chi connectivity index (χ3n) is 3.51. The van der Waals surface area contributed by atoms with Crippen molar-refractivity contribution in [3.8, 4) is 0 Å². The standard InChI is InChI=1S/C17H16FN5OS/c1-23-15(10-20-16(24)12-5-7-13(18)8-6-12)21-22-17(23)25-11-14-4-2-3-9-19-14/h2-9H,10-11H2,1H3,(H,20,24). The molecule has 0 atom stereocenters. The van der Waals surface area contributed by atoms with Crippen LogP contribution >= 0.6 is 11.8 Å². The van der Waals surface area contributed by atoms with Gasteiger partial charge in [-0.15, -0.1) is 10.2 Å². The highest BCUT2D eigenvalue weighted by atomic mass is 32.2. The molecule has 128 valence electrons. The molecule has 0 saturated carbocycles. The van der Waals surface area contributed by atoms with Crippen LogP contribution in [0.1, 0.15) is 21.9 Å². The normalized spacial score (nSPS) is 10.6. The summed E-state index contributed by atoms with van der Waals surface area (Å²) in [5.41, 5.74) is 1.36. The average Bonchev–Trinajstić information content (AvgIpc) is 2.99. The van der Waals surface area contributed by atoms with Gasteiger partial charge in [0.1, 0.15) is 5.82 Å². The Bertz CT molecular complexity index is 851. The van der Waals surface area contributed by atoms with Crippen molar-refractivity contribution < 1.29 is 9.18 Å². The molecule has 8 heteroatoms. The second-order valence-electron chi connectivity index (χ2n) is 5.26. The number of hydrogen-bond donors (Lipinski definition) is 1. The number of hydrogen-bond acceptors (Lipinski definition) is 5. The number of carbonyl (C=O) groups is 1. The van der Waals surface area contributed by atoms with Crippen LogP contribution in [-0.2, 0) is 19.3 Å². The predicted octanol–water partition coefficient (Wildman–Crippen LogP) is 2.57. The average molecular weight is 357 g/mol. The maximum atomic E-state index is 12.9. The topological polar surface area (TPSA) is 72.7 Å². The first-order valence-electron chi connectivity index (χ1n) is 7.58. The predicted molar refractivity (Wildman–Crippen MR) is 92.4 cm³/mol. The first-order chi connectivity index (χ1) is 12.1. The zero-order valence-corrected chi connectivity index (χ0v) is 14.3. The zero-order valence-electron chi connectivity index (χ0n) is 13.5. The van der Waals surface area contributed by atoms with Gasteiger partial charge in [-0.2, -0.15) is 0 Å². The van der Waals surface area contributed by atoms with E-state index in [1.807, 2.05) is 29.8 Å². The Morgan fingerprint density at radius 1 is 1.20 bits per heavy atom. The van der Waals surface area contributed by atoms with E-state index in [1.165, 1.54) is 36.0 Å². The number of halogens is 1. The van der Waals surface area contributed by atoms with Crippen LogP contribution in [0.5, 0.6) is 0 Å². The Morgan fingerprint density at radius 2 is 2.00 bits per heavy atom. The van der Waals surface area contributed by atoms with E-state index in [1.54, 1.807) is 6.20 Å². The van der Waals surface area contributed by atoms with Gasteiger partial charge in [0.2, 0.25) is 0 Å². The van der Waals surface area contributed by atoms with Crippen molar-refractivity contribution in [1.29, 1.82) is 0 Å². The van der Waals surface area contributed by atoms with Gasteiger partial charge < -0.3 is 9.88 Å². The SMILES string of the molecule is Cn1c(CNC(=O)c2ccc(F)cc2)nnc1SCc1ccccn1. The van der Waals surface area contributed by atoms with Gasteiger partial charge in [-0.05, 0) is 36.4 Å². The summed E-state index contributed by atoms with van der Waals surface area (Å²) >= 11 is 1.53. The molecule has 0 spiro atoms. The van der Waals surface area contributed by atoms with Crippen molar-refractivity contribution in [3.05, 3.63) is 71.6 Å². The minimum atomic E-state index is -0.376. The summed E-state index contributed by atoms with van der Waals surface area (Å²) in [6.45, 7) is 0.240. The first kappa shape index (κ1) is 17.1. The largest absolute Gasteiger partial charge is 0.345 e. The Morgan fingerprint density at radius 3 is 2.72 bits per heavy atom. The molecule has 1 aromatic carbocycles. The first-order valence-corrected chi connectivity index (χ1v) is 8.57. The van der Waals surface area contributed by atoms with E-state index >= 15 is 0 Å². The van der Waals surface area contributed by atoms with Gasteiger partial charge in [-0.1, -0.05) is 17.8 Å². The van der Waals surface area contributed by atoms with Gasteiger partial charge in [0.15, 0.2) is 11.0 Å². The lowest BCUT2D eigenvalue weighted by Crippen LogP contribution is -2.24. The Hall–Kier alpha value is -2.74. The molecule has 0 unspecified atom stereocenters. The molecule has 2 aromatic heterocycles. The van der Waals surface area contributed by atoms with E-state index in [-0.39, 0.29) is 18.3 Å². The lowest BCUT2D eigenvalue weighted by molar-refractivity contribution is 0.0949. The van der Waals surface area contributed by atoms with Gasteiger partial charge in [-0.25, -0.2) is 4.39 Å². The van der Waals surface area contributed by atoms with Gasteiger partial charge in [0.05, 0.1) is 12.2 Å². The molecule has 0 radical (unpaired) electrons. The third-order valence-corrected chi connectivity index (χ3v) is 4.57. The van der Waals surface area contributed by atoms with Crippen LogP contribution in [0.2, 0.25) is 0 Å². The Balaban J connectivity index is 1.57. The molecule has 0 bridgehead atoms. The van der Waals surface area contributed by atoms with Gasteiger partial charge in [0, 0.05) is 24.6 Å². The van der Waals surface area contributed by atoms with Gasteiger partial charge in [-0.3, -0.25) is 9.78 Å². The quantitative estimate of drug-likeness (QED) is 0.687. The van der Waals surface area contributed by atoms with E-state index in [2.05, 4.69) is 20.5 Å². The number of aromatic nitrogens is 4. The van der Waals surface area contributed by atoms with Crippen molar-refractivity contribution in [2.24, 2.45) is 7.05 Å². The number of rotatable bonds is 6. The summed E-state index contributed by atoms with van der Waals surface area (Å²) in [6.07, 6.45) is 1.75. The van der Waals surface area contributed by atoms with Gasteiger partial charge >= 0.3 is 0 Å². The third kappa shape index (κ3) is 4.42. The summed E-state index contributed by atoms with van der Waals surface area (Å²) in [4.78, 5) is 16.3. The molecule has 1 N–H and O–H groups in total. The summed E-state index contributed by atoms with van der Waals surface area (Å²) in [5.74, 6) is 0.665. The molecule has 0 aliphatic carbocycles. The number of pyridine rings is 1. The highest BCUT2D eigenvalue weighted by Crippen LogP contribution is 2.19. The Labute approximate surface area is 148 Å². The highest BCUT2D eigenvalue weighted by Gasteiger charge is 2.12. The fourth-order valence-electron chi connectivity index (χ4n) is 2.11. The molecular formula is C17H16FN5OS. The molecule has 0 aliphatic heterocycles. The van der Waals surface area contributed by atoms with E-state index < -0.39 is 0 Å². The van der Waals surface area contributed by atoms with Gasteiger partial charge in [0.25, 0.3) is 5.91 Å². The summed E-state index contributed by atoms with van der Waals surface area (Å²) in [5, 5.41) is 11.7. The minimum absolute atomic E-state index is 0.240. The van der Waals surface area contributed by atoms with E-state index in [9.17, 15) is 9.18 Å². The van der Waals surface area contributed by atoms with Crippen molar-refractivity contribution in [2.45, 2.75) is 17.5 Å². The lowest BCUT2D eigenvalue weighted by atomic mass is 10.2. The number of amides is 1. The van der Waals surface area contributed by atoms with Crippen LogP contribution in [0.25, 0.3) is 0 Å². The molecule has 2 heterocycles. The summed E-state index contributed by atoms with van der Waals surface area (Å²) in [7, 11) is 1.85. The number of nitrogens with zero attached hydrogens (tertiary/aromatic N) is 4. The zero-order chi connectivity index (χ0) is 17.6. The maximum absolute atomic E-state index is 12.9. The second-order valence-corrected chi connectivity index (χ2v) is 6.20. The van der Waals surface area contributed by atoms with Crippen molar-refractivity contribution in [3.63, 3.8) is 0 Å². The van der Waals surface area contributed by atoms with E-state index in [0.29, 0.717) is 17.1 Å². The summed E-state index contributed by atoms with van der Waals surface area (Å²) in [6, 6.07) is 11.2. The molecule has 3 rings (SSSR count). The number of carbonyl (C=O) groups excluding carboxylic acids is 1. The molecule has 3 aromatic rings. The van der Waals surface area contributed by atoms with Crippen LogP contribution < -0.4 is 5.32 Å². The smallest absolute Gasteiger partial charge is 0.251 e.